The highest BCUT2D eigenvalue weighted by Gasteiger charge is 2.42. The minimum Gasteiger partial charge on any atom is -0.464 e. The summed E-state index contributed by atoms with van der Waals surface area (Å²) in [6.45, 7) is 7.66. The van der Waals surface area contributed by atoms with Crippen molar-refractivity contribution >= 4 is 18.1 Å². The maximum atomic E-state index is 12.6. The third kappa shape index (κ3) is 5.00. The van der Waals surface area contributed by atoms with Gasteiger partial charge >= 0.3 is 18.1 Å². The smallest absolute Gasteiger partial charge is 0.410 e. The SMILES string of the molecule is COC(=O)c1ccc(C#CCN2CC3CN(C(=O)OC(C)(C)C)CCN3C2=O)cn1. The number of esters is 1. The van der Waals surface area contributed by atoms with Gasteiger partial charge in [0.2, 0.25) is 0 Å². The molecule has 1 aromatic heterocycles. The van der Waals surface area contributed by atoms with Crippen LogP contribution in [0.4, 0.5) is 9.59 Å². The topological polar surface area (TPSA) is 92.3 Å². The Labute approximate surface area is 175 Å². The number of hydrogen-bond acceptors (Lipinski definition) is 6. The molecule has 3 heterocycles. The van der Waals surface area contributed by atoms with E-state index in [1.165, 1.54) is 13.3 Å². The standard InChI is InChI=1S/C21H26N4O5/c1-21(2,3)30-20(28)24-10-11-25-16(14-24)13-23(19(25)27)9-5-6-15-7-8-17(22-12-15)18(26)29-4/h7-8,12,16H,9-11,13-14H2,1-4H3. The van der Waals surface area contributed by atoms with Crippen LogP contribution < -0.4 is 0 Å². The molecule has 2 saturated heterocycles. The van der Waals surface area contributed by atoms with Crippen LogP contribution in [0.1, 0.15) is 36.8 Å². The number of amides is 3. The van der Waals surface area contributed by atoms with E-state index >= 15 is 0 Å². The molecule has 0 bridgehead atoms. The van der Waals surface area contributed by atoms with Crippen LogP contribution in [0.15, 0.2) is 18.3 Å². The average Bonchev–Trinajstić information content (AvgIpc) is 3.01. The molecular weight excluding hydrogens is 388 g/mol. The third-order valence-corrected chi connectivity index (χ3v) is 4.74. The fraction of sp³-hybridized carbons (Fsp3) is 0.524. The van der Waals surface area contributed by atoms with Gasteiger partial charge in [-0.05, 0) is 32.9 Å². The largest absolute Gasteiger partial charge is 0.464 e. The lowest BCUT2D eigenvalue weighted by molar-refractivity contribution is 0.0127. The fourth-order valence-electron chi connectivity index (χ4n) is 3.33. The first kappa shape index (κ1) is 21.4. The van der Waals surface area contributed by atoms with Gasteiger partial charge in [-0.3, -0.25) is 0 Å². The molecule has 1 atom stereocenters. The van der Waals surface area contributed by atoms with Crippen molar-refractivity contribution in [2.75, 3.05) is 39.8 Å². The minimum absolute atomic E-state index is 0.0680. The molecule has 2 aliphatic heterocycles. The summed E-state index contributed by atoms with van der Waals surface area (Å²) in [4.78, 5) is 45.5. The summed E-state index contributed by atoms with van der Waals surface area (Å²) < 4.78 is 10.0. The Bertz CT molecular complexity index is 881. The van der Waals surface area contributed by atoms with E-state index in [9.17, 15) is 14.4 Å². The van der Waals surface area contributed by atoms with Crippen LogP contribution in [0.3, 0.4) is 0 Å². The van der Waals surface area contributed by atoms with Crippen LogP contribution in [0.2, 0.25) is 0 Å². The van der Waals surface area contributed by atoms with Crippen LogP contribution in [-0.2, 0) is 9.47 Å². The number of urea groups is 1. The Hall–Kier alpha value is -3.28. The predicted molar refractivity (Wildman–Crippen MR) is 108 cm³/mol. The van der Waals surface area contributed by atoms with Gasteiger partial charge in [0.1, 0.15) is 11.3 Å². The third-order valence-electron chi connectivity index (χ3n) is 4.74. The van der Waals surface area contributed by atoms with Gasteiger partial charge < -0.3 is 24.2 Å². The quantitative estimate of drug-likeness (QED) is 0.539. The summed E-state index contributed by atoms with van der Waals surface area (Å²) >= 11 is 0. The lowest BCUT2D eigenvalue weighted by Crippen LogP contribution is -2.54. The Morgan fingerprint density at radius 2 is 2.00 bits per heavy atom. The van der Waals surface area contributed by atoms with Crippen LogP contribution in [0.25, 0.3) is 0 Å². The number of nitrogens with zero attached hydrogens (tertiary/aromatic N) is 4. The molecule has 3 rings (SSSR count). The summed E-state index contributed by atoms with van der Waals surface area (Å²) in [6, 6.07) is 3.08. The van der Waals surface area contributed by atoms with Gasteiger partial charge in [-0.1, -0.05) is 11.8 Å². The van der Waals surface area contributed by atoms with Crippen molar-refractivity contribution in [3.05, 3.63) is 29.6 Å². The van der Waals surface area contributed by atoms with E-state index in [0.717, 1.165) is 0 Å². The zero-order chi connectivity index (χ0) is 21.9. The van der Waals surface area contributed by atoms with Crippen LogP contribution >= 0.6 is 0 Å². The monoisotopic (exact) mass is 414 g/mol. The van der Waals surface area contributed by atoms with Gasteiger partial charge in [0, 0.05) is 37.9 Å². The number of pyridine rings is 1. The number of aromatic nitrogens is 1. The first-order chi connectivity index (χ1) is 14.2. The Morgan fingerprint density at radius 1 is 1.23 bits per heavy atom. The van der Waals surface area contributed by atoms with Crippen molar-refractivity contribution in [1.29, 1.82) is 0 Å². The molecule has 0 aliphatic carbocycles. The lowest BCUT2D eigenvalue weighted by atomic mass is 10.2. The molecule has 3 amide bonds. The van der Waals surface area contributed by atoms with Crippen molar-refractivity contribution in [1.82, 2.24) is 19.7 Å². The maximum absolute atomic E-state index is 12.6. The highest BCUT2D eigenvalue weighted by Crippen LogP contribution is 2.21. The van der Waals surface area contributed by atoms with Gasteiger partial charge in [-0.2, -0.15) is 0 Å². The summed E-state index contributed by atoms with van der Waals surface area (Å²) in [7, 11) is 1.30. The Kier molecular flexibility index (Phi) is 6.15. The summed E-state index contributed by atoms with van der Waals surface area (Å²) in [6.07, 6.45) is 1.14. The van der Waals surface area contributed by atoms with Crippen LogP contribution in [-0.4, -0.2) is 89.3 Å². The van der Waals surface area contributed by atoms with E-state index in [1.54, 1.807) is 26.8 Å². The summed E-state index contributed by atoms with van der Waals surface area (Å²) in [5.74, 6) is 5.42. The molecule has 2 fully saturated rings. The number of methoxy groups -OCH3 is 1. The number of hydrogen-bond donors (Lipinski definition) is 0. The van der Waals surface area contributed by atoms with Gasteiger partial charge in [-0.25, -0.2) is 19.4 Å². The first-order valence-electron chi connectivity index (χ1n) is 9.74. The number of carbonyl (C=O) groups excluding carboxylic acids is 3. The van der Waals surface area contributed by atoms with E-state index in [-0.39, 0.29) is 30.4 Å². The molecular formula is C21H26N4O5. The summed E-state index contributed by atoms with van der Waals surface area (Å²) in [5.41, 5.74) is 0.304. The van der Waals surface area contributed by atoms with Crippen LogP contribution in [0, 0.1) is 11.8 Å². The second-order valence-corrected chi connectivity index (χ2v) is 8.16. The molecule has 9 nitrogen and oxygen atoms in total. The van der Waals surface area contributed by atoms with E-state index < -0.39 is 11.6 Å². The van der Waals surface area contributed by atoms with Gasteiger partial charge in [-0.15, -0.1) is 0 Å². The molecule has 9 heteroatoms. The Balaban J connectivity index is 1.56. The van der Waals surface area contributed by atoms with Crippen molar-refractivity contribution in [2.45, 2.75) is 32.4 Å². The highest BCUT2D eigenvalue weighted by molar-refractivity contribution is 5.87. The second-order valence-electron chi connectivity index (χ2n) is 8.16. The Morgan fingerprint density at radius 3 is 2.63 bits per heavy atom. The van der Waals surface area contributed by atoms with Gasteiger partial charge in [0.25, 0.3) is 0 Å². The highest BCUT2D eigenvalue weighted by atomic mass is 16.6. The number of carbonyl (C=O) groups is 3. The van der Waals surface area contributed by atoms with Crippen molar-refractivity contribution in [2.24, 2.45) is 0 Å². The van der Waals surface area contributed by atoms with Crippen LogP contribution in [0.5, 0.6) is 0 Å². The number of fused-ring (bicyclic) bond motifs is 1. The molecule has 2 aliphatic rings. The molecule has 1 unspecified atom stereocenters. The molecule has 0 aromatic carbocycles. The average molecular weight is 414 g/mol. The van der Waals surface area contributed by atoms with Crippen molar-refractivity contribution < 1.29 is 23.9 Å². The predicted octanol–water partition coefficient (Wildman–Crippen LogP) is 1.58. The second kappa shape index (κ2) is 8.61. The number of ether oxygens (including phenoxy) is 2. The maximum Gasteiger partial charge on any atom is 0.410 e. The molecule has 160 valence electrons. The van der Waals surface area contributed by atoms with Gasteiger partial charge in [0.05, 0.1) is 19.7 Å². The molecule has 30 heavy (non-hydrogen) atoms. The molecule has 0 radical (unpaired) electrons. The zero-order valence-corrected chi connectivity index (χ0v) is 17.7. The first-order valence-corrected chi connectivity index (χ1v) is 9.74. The summed E-state index contributed by atoms with van der Waals surface area (Å²) in [5, 5.41) is 0. The number of piperazine rings is 1. The van der Waals surface area contributed by atoms with E-state index in [4.69, 9.17) is 4.74 Å². The zero-order valence-electron chi connectivity index (χ0n) is 17.7. The fourth-order valence-corrected chi connectivity index (χ4v) is 3.33. The number of rotatable bonds is 2. The van der Waals surface area contributed by atoms with Gasteiger partial charge in [0.15, 0.2) is 0 Å². The molecule has 1 aromatic rings. The van der Waals surface area contributed by atoms with E-state index in [0.29, 0.717) is 31.7 Å². The van der Waals surface area contributed by atoms with E-state index in [2.05, 4.69) is 21.6 Å². The van der Waals surface area contributed by atoms with Crippen molar-refractivity contribution in [3.63, 3.8) is 0 Å². The van der Waals surface area contributed by atoms with Crippen molar-refractivity contribution in [3.8, 4) is 11.8 Å². The minimum atomic E-state index is -0.550. The molecule has 0 spiro atoms. The molecule has 0 N–H and O–H groups in total. The molecule has 0 saturated carbocycles. The lowest BCUT2D eigenvalue weighted by Gasteiger charge is -2.37. The van der Waals surface area contributed by atoms with E-state index in [1.807, 2.05) is 20.8 Å². The normalized spacial score (nSPS) is 18.5.